The summed E-state index contributed by atoms with van der Waals surface area (Å²) in [5.74, 6) is -0.565. The van der Waals surface area contributed by atoms with Crippen LogP contribution in [-0.2, 0) is 26.1 Å². The van der Waals surface area contributed by atoms with Gasteiger partial charge in [-0.05, 0) is 17.7 Å². The lowest BCUT2D eigenvalue weighted by Crippen LogP contribution is -2.40. The van der Waals surface area contributed by atoms with E-state index in [2.05, 4.69) is 16.9 Å². The van der Waals surface area contributed by atoms with E-state index in [0.717, 1.165) is 0 Å². The Morgan fingerprint density at radius 2 is 2.18 bits per heavy atom. The van der Waals surface area contributed by atoms with Gasteiger partial charge >= 0.3 is 5.97 Å². The summed E-state index contributed by atoms with van der Waals surface area (Å²) >= 11 is 1.30. The van der Waals surface area contributed by atoms with Gasteiger partial charge in [0.25, 0.3) is 0 Å². The number of rotatable bonds is 8. The fourth-order valence-corrected chi connectivity index (χ4v) is 4.73. The molecule has 2 heterocycles. The first-order valence-corrected chi connectivity index (χ1v) is 11.0. The fourth-order valence-electron chi connectivity index (χ4n) is 2.56. The number of esters is 1. The Morgan fingerprint density at radius 3 is 2.93 bits per heavy atom. The molecule has 28 heavy (non-hydrogen) atoms. The molecule has 0 radical (unpaired) electrons. The Kier molecular flexibility index (Phi) is 6.79. The quantitative estimate of drug-likeness (QED) is 0.513. The molecule has 0 amide bonds. The smallest absolute Gasteiger partial charge is 0.358 e. The summed E-state index contributed by atoms with van der Waals surface area (Å²) in [6.45, 7) is 5.53. The van der Waals surface area contributed by atoms with Gasteiger partial charge in [0, 0.05) is 25.0 Å². The van der Waals surface area contributed by atoms with Crippen LogP contribution in [0.2, 0.25) is 0 Å². The third-order valence-corrected chi connectivity index (χ3v) is 6.68. The van der Waals surface area contributed by atoms with Gasteiger partial charge in [-0.15, -0.1) is 17.9 Å². The number of nitrogens with zero attached hydrogens (tertiary/aromatic N) is 2. The van der Waals surface area contributed by atoms with Crippen LogP contribution in [0.1, 0.15) is 16.1 Å². The van der Waals surface area contributed by atoms with Gasteiger partial charge in [-0.1, -0.05) is 18.2 Å². The lowest BCUT2D eigenvalue weighted by atomic mass is 10.2. The molecule has 1 N–H and O–H groups in total. The molecule has 0 bridgehead atoms. The SMILES string of the molecule is C=CCNc1nc(C(=O)OCc2cccc(S(=O)(=O)N3CCOCC3)c2)cs1. The van der Waals surface area contributed by atoms with Crippen LogP contribution in [0.25, 0.3) is 0 Å². The van der Waals surface area contributed by atoms with Crippen molar-refractivity contribution in [3.63, 3.8) is 0 Å². The summed E-state index contributed by atoms with van der Waals surface area (Å²) in [6, 6.07) is 6.41. The summed E-state index contributed by atoms with van der Waals surface area (Å²) in [6.07, 6.45) is 1.69. The topological polar surface area (TPSA) is 97.8 Å². The maximum atomic E-state index is 12.7. The number of aromatic nitrogens is 1. The highest BCUT2D eigenvalue weighted by Gasteiger charge is 2.26. The Morgan fingerprint density at radius 1 is 1.39 bits per heavy atom. The lowest BCUT2D eigenvalue weighted by molar-refractivity contribution is 0.0466. The second-order valence-electron chi connectivity index (χ2n) is 5.95. The minimum Gasteiger partial charge on any atom is -0.456 e. The van der Waals surface area contributed by atoms with Gasteiger partial charge in [0.05, 0.1) is 18.1 Å². The van der Waals surface area contributed by atoms with Gasteiger partial charge in [0.15, 0.2) is 10.8 Å². The minimum atomic E-state index is -3.59. The molecular weight excluding hydrogens is 402 g/mol. The number of hydrogen-bond donors (Lipinski definition) is 1. The molecule has 1 aliphatic rings. The monoisotopic (exact) mass is 423 g/mol. The first kappa shape index (κ1) is 20.5. The van der Waals surface area contributed by atoms with Gasteiger partial charge in [0.2, 0.25) is 10.0 Å². The highest BCUT2D eigenvalue weighted by Crippen LogP contribution is 2.20. The fraction of sp³-hybridized carbons (Fsp3) is 0.333. The van der Waals surface area contributed by atoms with E-state index >= 15 is 0 Å². The van der Waals surface area contributed by atoms with Crippen molar-refractivity contribution in [3.8, 4) is 0 Å². The number of ether oxygens (including phenoxy) is 2. The van der Waals surface area contributed by atoms with Crippen LogP contribution in [0.3, 0.4) is 0 Å². The van der Waals surface area contributed by atoms with Crippen LogP contribution in [-0.4, -0.2) is 56.5 Å². The predicted molar refractivity (Wildman–Crippen MR) is 106 cm³/mol. The molecule has 1 aliphatic heterocycles. The Labute approximate surface area is 167 Å². The van der Waals surface area contributed by atoms with E-state index in [1.807, 2.05) is 0 Å². The van der Waals surface area contributed by atoms with Crippen molar-refractivity contribution in [3.05, 3.63) is 53.6 Å². The third kappa shape index (κ3) is 4.96. The van der Waals surface area contributed by atoms with E-state index in [4.69, 9.17) is 9.47 Å². The second kappa shape index (κ2) is 9.28. The maximum absolute atomic E-state index is 12.7. The lowest BCUT2D eigenvalue weighted by Gasteiger charge is -2.26. The number of benzene rings is 1. The van der Waals surface area contributed by atoms with Gasteiger partial charge in [-0.3, -0.25) is 0 Å². The number of carbonyl (C=O) groups is 1. The highest BCUT2D eigenvalue weighted by atomic mass is 32.2. The number of hydrogen-bond acceptors (Lipinski definition) is 8. The van der Waals surface area contributed by atoms with Gasteiger partial charge < -0.3 is 14.8 Å². The maximum Gasteiger partial charge on any atom is 0.358 e. The molecule has 8 nitrogen and oxygen atoms in total. The van der Waals surface area contributed by atoms with Crippen LogP contribution >= 0.6 is 11.3 Å². The number of anilines is 1. The minimum absolute atomic E-state index is 0.0434. The number of carbonyl (C=O) groups excluding carboxylic acids is 1. The first-order valence-electron chi connectivity index (χ1n) is 8.65. The molecular formula is C18H21N3O5S2. The van der Waals surface area contributed by atoms with Crippen LogP contribution in [0.4, 0.5) is 5.13 Å². The van der Waals surface area contributed by atoms with Crippen LogP contribution in [0.15, 0.2) is 47.2 Å². The Hall–Kier alpha value is -2.27. The Bertz CT molecular complexity index is 936. The molecule has 0 saturated carbocycles. The summed E-state index contributed by atoms with van der Waals surface area (Å²) in [5, 5.41) is 5.21. The van der Waals surface area contributed by atoms with Crippen molar-refractivity contribution >= 4 is 32.5 Å². The molecule has 1 saturated heterocycles. The molecule has 0 aliphatic carbocycles. The van der Waals surface area contributed by atoms with E-state index in [1.54, 1.807) is 23.6 Å². The van der Waals surface area contributed by atoms with Gasteiger partial charge in [-0.25, -0.2) is 18.2 Å². The standard InChI is InChI=1S/C18H21N3O5S2/c1-2-6-19-18-20-16(13-27-18)17(22)26-12-14-4-3-5-15(11-14)28(23,24)21-7-9-25-10-8-21/h2-5,11,13H,1,6-10,12H2,(H,19,20). The highest BCUT2D eigenvalue weighted by molar-refractivity contribution is 7.89. The molecule has 1 fully saturated rings. The van der Waals surface area contributed by atoms with Crippen molar-refractivity contribution in [1.82, 2.24) is 9.29 Å². The summed E-state index contributed by atoms with van der Waals surface area (Å²) in [5.41, 5.74) is 0.788. The normalized spacial score (nSPS) is 15.1. The number of thiazole rings is 1. The second-order valence-corrected chi connectivity index (χ2v) is 8.74. The van der Waals surface area contributed by atoms with E-state index < -0.39 is 16.0 Å². The summed E-state index contributed by atoms with van der Waals surface area (Å²) < 4.78 is 37.3. The van der Waals surface area contributed by atoms with Crippen LogP contribution in [0, 0.1) is 0 Å². The van der Waals surface area contributed by atoms with Gasteiger partial charge in [0.1, 0.15) is 6.61 Å². The van der Waals surface area contributed by atoms with Crippen LogP contribution < -0.4 is 5.32 Å². The van der Waals surface area contributed by atoms with E-state index in [9.17, 15) is 13.2 Å². The predicted octanol–water partition coefficient (Wildman–Crippen LogP) is 2.12. The van der Waals surface area contributed by atoms with E-state index in [-0.39, 0.29) is 17.2 Å². The van der Waals surface area contributed by atoms with Crippen molar-refractivity contribution in [2.75, 3.05) is 38.2 Å². The van der Waals surface area contributed by atoms with Gasteiger partial charge in [-0.2, -0.15) is 4.31 Å². The molecule has 150 valence electrons. The summed E-state index contributed by atoms with van der Waals surface area (Å²) in [7, 11) is -3.59. The van der Waals surface area contributed by atoms with Crippen molar-refractivity contribution in [1.29, 1.82) is 0 Å². The molecule has 0 spiro atoms. The molecule has 0 atom stereocenters. The zero-order chi connectivity index (χ0) is 20.0. The molecule has 1 aromatic carbocycles. The molecule has 3 rings (SSSR count). The molecule has 10 heteroatoms. The number of nitrogens with one attached hydrogen (secondary N) is 1. The average Bonchev–Trinajstić information content (AvgIpc) is 3.20. The molecule has 1 aromatic heterocycles. The first-order chi connectivity index (χ1) is 13.5. The van der Waals surface area contributed by atoms with E-state index in [0.29, 0.717) is 43.5 Å². The van der Waals surface area contributed by atoms with Crippen molar-refractivity contribution < 1.29 is 22.7 Å². The zero-order valence-electron chi connectivity index (χ0n) is 15.2. The van der Waals surface area contributed by atoms with E-state index in [1.165, 1.54) is 27.8 Å². The van der Waals surface area contributed by atoms with Crippen molar-refractivity contribution in [2.45, 2.75) is 11.5 Å². The number of sulfonamides is 1. The third-order valence-electron chi connectivity index (χ3n) is 3.99. The zero-order valence-corrected chi connectivity index (χ0v) is 16.8. The Balaban J connectivity index is 1.63. The number of morpholine rings is 1. The summed E-state index contributed by atoms with van der Waals surface area (Å²) in [4.78, 5) is 16.5. The largest absolute Gasteiger partial charge is 0.456 e. The molecule has 2 aromatic rings. The average molecular weight is 424 g/mol. The van der Waals surface area contributed by atoms with Crippen LogP contribution in [0.5, 0.6) is 0 Å². The van der Waals surface area contributed by atoms with Crippen molar-refractivity contribution in [2.24, 2.45) is 0 Å². The molecule has 0 unspecified atom stereocenters.